The molecule has 0 radical (unpaired) electrons. The summed E-state index contributed by atoms with van der Waals surface area (Å²) in [5, 5.41) is 0. The third kappa shape index (κ3) is 1.79. The van der Waals surface area contributed by atoms with Crippen molar-refractivity contribution in [1.29, 1.82) is 0 Å². The standard InChI is InChI=1S/C12H14O2/c1-2-14-12(13)11-6-4-3-5-10(11)9-7-8-9/h3-6,9H,2,7-8H2,1H3. The average molecular weight is 190 g/mol. The van der Waals surface area contributed by atoms with Crippen LogP contribution in [0.25, 0.3) is 0 Å². The van der Waals surface area contributed by atoms with E-state index in [0.717, 1.165) is 11.1 Å². The molecule has 1 aromatic carbocycles. The van der Waals surface area contributed by atoms with Gasteiger partial charge in [0, 0.05) is 0 Å². The molecule has 0 saturated heterocycles. The molecule has 0 aromatic heterocycles. The zero-order valence-electron chi connectivity index (χ0n) is 8.32. The molecule has 0 amide bonds. The maximum absolute atomic E-state index is 11.6. The smallest absolute Gasteiger partial charge is 0.338 e. The van der Waals surface area contributed by atoms with Gasteiger partial charge in [0.2, 0.25) is 0 Å². The first-order valence-corrected chi connectivity index (χ1v) is 5.09. The van der Waals surface area contributed by atoms with Gasteiger partial charge in [0.05, 0.1) is 12.2 Å². The van der Waals surface area contributed by atoms with Gasteiger partial charge >= 0.3 is 5.97 Å². The second-order valence-electron chi connectivity index (χ2n) is 3.58. The van der Waals surface area contributed by atoms with Crippen LogP contribution in [0.5, 0.6) is 0 Å². The van der Waals surface area contributed by atoms with Gasteiger partial charge in [-0.05, 0) is 37.3 Å². The molecule has 2 nitrogen and oxygen atoms in total. The molecule has 2 heteroatoms. The van der Waals surface area contributed by atoms with E-state index in [-0.39, 0.29) is 5.97 Å². The van der Waals surface area contributed by atoms with E-state index in [9.17, 15) is 4.79 Å². The van der Waals surface area contributed by atoms with Crippen molar-refractivity contribution in [3.63, 3.8) is 0 Å². The Hall–Kier alpha value is -1.31. The number of ether oxygens (including phenoxy) is 1. The van der Waals surface area contributed by atoms with E-state index in [1.54, 1.807) is 0 Å². The van der Waals surface area contributed by atoms with Crippen LogP contribution in [0.15, 0.2) is 24.3 Å². The summed E-state index contributed by atoms with van der Waals surface area (Å²) >= 11 is 0. The molecule has 1 aliphatic carbocycles. The van der Waals surface area contributed by atoms with Gasteiger partial charge in [-0.3, -0.25) is 0 Å². The molecule has 0 aliphatic heterocycles. The van der Waals surface area contributed by atoms with Gasteiger partial charge in [0.25, 0.3) is 0 Å². The fourth-order valence-corrected chi connectivity index (χ4v) is 1.64. The highest BCUT2D eigenvalue weighted by Crippen LogP contribution is 2.41. The van der Waals surface area contributed by atoms with Crippen LogP contribution in [0.1, 0.15) is 41.6 Å². The van der Waals surface area contributed by atoms with E-state index in [2.05, 4.69) is 0 Å². The Kier molecular flexibility index (Phi) is 2.53. The molecule has 1 aliphatic rings. The third-order valence-corrected chi connectivity index (χ3v) is 2.47. The Morgan fingerprint density at radius 2 is 2.14 bits per heavy atom. The largest absolute Gasteiger partial charge is 0.462 e. The van der Waals surface area contributed by atoms with E-state index in [4.69, 9.17) is 4.74 Å². The maximum atomic E-state index is 11.6. The number of esters is 1. The minimum Gasteiger partial charge on any atom is -0.462 e. The third-order valence-electron chi connectivity index (χ3n) is 2.47. The number of rotatable bonds is 3. The first kappa shape index (κ1) is 9.25. The zero-order valence-corrected chi connectivity index (χ0v) is 8.32. The zero-order chi connectivity index (χ0) is 9.97. The van der Waals surface area contributed by atoms with E-state index >= 15 is 0 Å². The number of benzene rings is 1. The average Bonchev–Trinajstić information content (AvgIpc) is 3.01. The summed E-state index contributed by atoms with van der Waals surface area (Å²) < 4.78 is 5.01. The second kappa shape index (κ2) is 3.82. The van der Waals surface area contributed by atoms with Gasteiger partial charge < -0.3 is 4.74 Å². The van der Waals surface area contributed by atoms with Gasteiger partial charge in [0.1, 0.15) is 0 Å². The molecule has 74 valence electrons. The Labute approximate surface area is 83.9 Å². The van der Waals surface area contributed by atoms with E-state index in [1.165, 1.54) is 12.8 Å². The van der Waals surface area contributed by atoms with Crippen LogP contribution >= 0.6 is 0 Å². The Morgan fingerprint density at radius 1 is 1.43 bits per heavy atom. The summed E-state index contributed by atoms with van der Waals surface area (Å²) in [6.45, 7) is 2.27. The number of carbonyl (C=O) groups is 1. The van der Waals surface area contributed by atoms with Crippen LogP contribution in [0.2, 0.25) is 0 Å². The minimum absolute atomic E-state index is 0.185. The van der Waals surface area contributed by atoms with Crippen molar-refractivity contribution in [2.45, 2.75) is 25.7 Å². The molecular formula is C12H14O2. The van der Waals surface area contributed by atoms with Gasteiger partial charge in [-0.1, -0.05) is 18.2 Å². The van der Waals surface area contributed by atoms with Gasteiger partial charge in [-0.2, -0.15) is 0 Å². The predicted octanol–water partition coefficient (Wildman–Crippen LogP) is 2.74. The van der Waals surface area contributed by atoms with Crippen LogP contribution in [-0.2, 0) is 4.74 Å². The lowest BCUT2D eigenvalue weighted by Crippen LogP contribution is -2.07. The maximum Gasteiger partial charge on any atom is 0.338 e. The van der Waals surface area contributed by atoms with Crippen LogP contribution in [-0.4, -0.2) is 12.6 Å². The summed E-state index contributed by atoms with van der Waals surface area (Å²) in [4.78, 5) is 11.6. The van der Waals surface area contributed by atoms with Crippen LogP contribution < -0.4 is 0 Å². The Morgan fingerprint density at radius 3 is 2.79 bits per heavy atom. The lowest BCUT2D eigenvalue weighted by Gasteiger charge is -2.06. The minimum atomic E-state index is -0.185. The molecule has 0 atom stereocenters. The van der Waals surface area contributed by atoms with Gasteiger partial charge in [-0.15, -0.1) is 0 Å². The highest BCUT2D eigenvalue weighted by atomic mass is 16.5. The fourth-order valence-electron chi connectivity index (χ4n) is 1.64. The van der Waals surface area contributed by atoms with Crippen molar-refractivity contribution < 1.29 is 9.53 Å². The topological polar surface area (TPSA) is 26.3 Å². The quantitative estimate of drug-likeness (QED) is 0.685. The van der Waals surface area contributed by atoms with E-state index in [1.807, 2.05) is 31.2 Å². The summed E-state index contributed by atoms with van der Waals surface area (Å²) in [7, 11) is 0. The Bertz CT molecular complexity index is 340. The molecular weight excluding hydrogens is 176 g/mol. The summed E-state index contributed by atoms with van der Waals surface area (Å²) in [6.07, 6.45) is 2.41. The summed E-state index contributed by atoms with van der Waals surface area (Å²) in [5.74, 6) is 0.408. The number of hydrogen-bond acceptors (Lipinski definition) is 2. The van der Waals surface area contributed by atoms with E-state index < -0.39 is 0 Å². The summed E-state index contributed by atoms with van der Waals surface area (Å²) in [6, 6.07) is 7.75. The lowest BCUT2D eigenvalue weighted by atomic mass is 10.0. The fraction of sp³-hybridized carbons (Fsp3) is 0.417. The van der Waals surface area contributed by atoms with Crippen molar-refractivity contribution in [3.05, 3.63) is 35.4 Å². The summed E-state index contributed by atoms with van der Waals surface area (Å²) in [5.41, 5.74) is 1.91. The van der Waals surface area contributed by atoms with Crippen LogP contribution in [0.3, 0.4) is 0 Å². The van der Waals surface area contributed by atoms with Crippen molar-refractivity contribution in [2.75, 3.05) is 6.61 Å². The molecule has 0 heterocycles. The Balaban J connectivity index is 2.26. The molecule has 14 heavy (non-hydrogen) atoms. The number of carbonyl (C=O) groups excluding carboxylic acids is 1. The first-order valence-electron chi connectivity index (χ1n) is 5.09. The highest BCUT2D eigenvalue weighted by molar-refractivity contribution is 5.91. The van der Waals surface area contributed by atoms with Gasteiger partial charge in [0.15, 0.2) is 0 Å². The monoisotopic (exact) mass is 190 g/mol. The molecule has 1 saturated carbocycles. The van der Waals surface area contributed by atoms with Crippen molar-refractivity contribution in [3.8, 4) is 0 Å². The van der Waals surface area contributed by atoms with Crippen molar-refractivity contribution >= 4 is 5.97 Å². The normalized spacial score (nSPS) is 15.2. The molecule has 2 rings (SSSR count). The SMILES string of the molecule is CCOC(=O)c1ccccc1C1CC1. The van der Waals surface area contributed by atoms with E-state index in [0.29, 0.717) is 12.5 Å². The molecule has 0 unspecified atom stereocenters. The lowest BCUT2D eigenvalue weighted by molar-refractivity contribution is 0.0525. The highest BCUT2D eigenvalue weighted by Gasteiger charge is 2.27. The van der Waals surface area contributed by atoms with Crippen LogP contribution in [0, 0.1) is 0 Å². The van der Waals surface area contributed by atoms with Crippen molar-refractivity contribution in [1.82, 2.24) is 0 Å². The van der Waals surface area contributed by atoms with Gasteiger partial charge in [-0.25, -0.2) is 4.79 Å². The molecule has 0 bridgehead atoms. The molecule has 1 aromatic rings. The molecule has 0 spiro atoms. The van der Waals surface area contributed by atoms with Crippen LogP contribution in [0.4, 0.5) is 0 Å². The first-order chi connectivity index (χ1) is 6.83. The predicted molar refractivity (Wildman–Crippen MR) is 54.4 cm³/mol. The number of hydrogen-bond donors (Lipinski definition) is 0. The van der Waals surface area contributed by atoms with Crippen molar-refractivity contribution in [2.24, 2.45) is 0 Å². The molecule has 0 N–H and O–H groups in total. The molecule has 1 fully saturated rings. The second-order valence-corrected chi connectivity index (χ2v) is 3.58.